The second kappa shape index (κ2) is 10.8. The predicted octanol–water partition coefficient (Wildman–Crippen LogP) is 5.43. The summed E-state index contributed by atoms with van der Waals surface area (Å²) >= 11 is 0. The third-order valence-electron chi connectivity index (χ3n) is 6.75. The van der Waals surface area contributed by atoms with Gasteiger partial charge in [0.25, 0.3) is 0 Å². The molecule has 0 radical (unpaired) electrons. The summed E-state index contributed by atoms with van der Waals surface area (Å²) in [6, 6.07) is 16.0. The van der Waals surface area contributed by atoms with Crippen LogP contribution in [0.15, 0.2) is 59.5 Å². The van der Waals surface area contributed by atoms with Gasteiger partial charge in [0.05, 0.1) is 25.2 Å². The highest BCUT2D eigenvalue weighted by molar-refractivity contribution is 7.90. The van der Waals surface area contributed by atoms with Gasteiger partial charge in [-0.1, -0.05) is 30.3 Å². The smallest absolute Gasteiger partial charge is 0.410 e. The molecule has 0 aliphatic carbocycles. The Kier molecular flexibility index (Phi) is 7.84. The van der Waals surface area contributed by atoms with E-state index in [9.17, 15) is 13.2 Å². The van der Waals surface area contributed by atoms with Crippen LogP contribution < -0.4 is 15.2 Å². The molecular weight excluding hydrogens is 516 g/mol. The number of carbonyl (C=O) groups is 1. The van der Waals surface area contributed by atoms with Crippen LogP contribution in [0.5, 0.6) is 11.5 Å². The molecule has 3 aromatic rings. The van der Waals surface area contributed by atoms with Crippen LogP contribution in [0.2, 0.25) is 0 Å². The highest BCUT2D eigenvalue weighted by Gasteiger charge is 2.35. The van der Waals surface area contributed by atoms with E-state index in [1.54, 1.807) is 43.4 Å². The quantitative estimate of drug-likeness (QED) is 0.406. The van der Waals surface area contributed by atoms with Crippen molar-refractivity contribution in [1.82, 2.24) is 4.90 Å². The van der Waals surface area contributed by atoms with Crippen LogP contribution in [0.4, 0.5) is 10.5 Å². The molecule has 2 N–H and O–H groups in total. The van der Waals surface area contributed by atoms with Crippen molar-refractivity contribution in [3.05, 3.63) is 71.3 Å². The van der Waals surface area contributed by atoms with E-state index in [0.29, 0.717) is 47.7 Å². The molecule has 4 rings (SSSR count). The van der Waals surface area contributed by atoms with Crippen molar-refractivity contribution in [1.29, 1.82) is 0 Å². The molecule has 8 nitrogen and oxygen atoms in total. The van der Waals surface area contributed by atoms with E-state index in [0.717, 1.165) is 16.7 Å². The molecule has 1 amide bonds. The number of anilines is 1. The summed E-state index contributed by atoms with van der Waals surface area (Å²) in [4.78, 5) is 15.3. The summed E-state index contributed by atoms with van der Waals surface area (Å²) in [6.45, 7) is 6.02. The number of nitrogen functional groups attached to an aromatic ring is 1. The lowest BCUT2D eigenvalue weighted by Crippen LogP contribution is -2.43. The normalized spacial score (nSPS) is 15.4. The number of rotatable bonds is 6. The molecule has 1 atom stereocenters. The number of sulfone groups is 1. The highest BCUT2D eigenvalue weighted by atomic mass is 32.2. The largest absolute Gasteiger partial charge is 0.493 e. The van der Waals surface area contributed by atoms with Gasteiger partial charge in [-0.15, -0.1) is 0 Å². The number of ether oxygens (including phenoxy) is 3. The van der Waals surface area contributed by atoms with E-state index < -0.39 is 15.4 Å². The molecular formula is C30H36N2O6S. The van der Waals surface area contributed by atoms with Crippen LogP contribution in [-0.2, 0) is 27.4 Å². The third kappa shape index (κ3) is 6.14. The molecule has 1 aliphatic heterocycles. The topological polar surface area (TPSA) is 108 Å². The molecule has 1 unspecified atom stereocenters. The van der Waals surface area contributed by atoms with Crippen molar-refractivity contribution in [2.75, 3.05) is 32.8 Å². The van der Waals surface area contributed by atoms with Crippen molar-refractivity contribution < 1.29 is 27.4 Å². The lowest BCUT2D eigenvalue weighted by Gasteiger charge is -2.38. The fourth-order valence-electron chi connectivity index (χ4n) is 5.01. The van der Waals surface area contributed by atoms with Gasteiger partial charge in [0.15, 0.2) is 21.3 Å². The average molecular weight is 553 g/mol. The Balaban J connectivity index is 1.76. The van der Waals surface area contributed by atoms with Crippen molar-refractivity contribution >= 4 is 21.6 Å². The fraction of sp³-hybridized carbons (Fsp3) is 0.367. The summed E-state index contributed by atoms with van der Waals surface area (Å²) < 4.78 is 41.6. The van der Waals surface area contributed by atoms with Crippen molar-refractivity contribution in [3.8, 4) is 22.6 Å². The Labute approximate surface area is 230 Å². The number of methoxy groups -OCH3 is 2. The predicted molar refractivity (Wildman–Crippen MR) is 152 cm³/mol. The van der Waals surface area contributed by atoms with Crippen molar-refractivity contribution in [3.63, 3.8) is 0 Å². The van der Waals surface area contributed by atoms with E-state index in [1.165, 1.54) is 6.26 Å². The van der Waals surface area contributed by atoms with Gasteiger partial charge >= 0.3 is 6.09 Å². The Morgan fingerprint density at radius 1 is 1.00 bits per heavy atom. The molecule has 1 aliphatic rings. The Morgan fingerprint density at radius 2 is 1.67 bits per heavy atom. The molecule has 0 spiro atoms. The van der Waals surface area contributed by atoms with Gasteiger partial charge in [0.1, 0.15) is 5.60 Å². The van der Waals surface area contributed by atoms with Crippen molar-refractivity contribution in [2.24, 2.45) is 0 Å². The molecule has 0 saturated heterocycles. The van der Waals surface area contributed by atoms with Crippen LogP contribution in [0.1, 0.15) is 43.5 Å². The first-order chi connectivity index (χ1) is 18.3. The van der Waals surface area contributed by atoms with E-state index >= 15 is 0 Å². The van der Waals surface area contributed by atoms with Gasteiger partial charge in [-0.25, -0.2) is 13.2 Å². The Morgan fingerprint density at radius 3 is 2.28 bits per heavy atom. The molecule has 1 heterocycles. The molecule has 0 aromatic heterocycles. The first kappa shape index (κ1) is 28.3. The monoisotopic (exact) mass is 552 g/mol. The number of hydrogen-bond donors (Lipinski definition) is 1. The SMILES string of the molecule is COc1cc2c(cc1OC)C(Cc1ccc(-c3ccccc3S(C)(=O)=O)c(N)c1)N(C(=O)OC(C)(C)C)CC2. The zero-order valence-electron chi connectivity index (χ0n) is 23.3. The van der Waals surface area contributed by atoms with Crippen LogP contribution in [0.3, 0.4) is 0 Å². The summed E-state index contributed by atoms with van der Waals surface area (Å²) in [5.74, 6) is 1.22. The number of nitrogens with zero attached hydrogens (tertiary/aromatic N) is 1. The van der Waals surface area contributed by atoms with Gasteiger partial charge in [-0.05, 0) is 74.6 Å². The van der Waals surface area contributed by atoms with Gasteiger partial charge in [0, 0.05) is 29.6 Å². The molecule has 0 bridgehead atoms. The number of fused-ring (bicyclic) bond motifs is 1. The third-order valence-corrected chi connectivity index (χ3v) is 7.91. The summed E-state index contributed by atoms with van der Waals surface area (Å²) in [5.41, 5.74) is 10.4. The summed E-state index contributed by atoms with van der Waals surface area (Å²) in [6.07, 6.45) is 1.92. The number of benzene rings is 3. The first-order valence-corrected chi connectivity index (χ1v) is 14.6. The average Bonchev–Trinajstić information content (AvgIpc) is 2.86. The molecule has 0 saturated carbocycles. The second-order valence-corrected chi connectivity index (χ2v) is 12.7. The molecule has 208 valence electrons. The van der Waals surface area contributed by atoms with Gasteiger partial charge in [0.2, 0.25) is 0 Å². The minimum absolute atomic E-state index is 0.225. The standard InChI is InChI=1S/C30H36N2O6S/c1-30(2,3)38-29(33)32-14-13-20-17-26(36-4)27(37-5)18-23(20)25(32)16-19-11-12-21(24(31)15-19)22-9-7-8-10-28(22)39(6,34)35/h7-12,15,17-18,25H,13-14,16,31H2,1-6H3. The number of amides is 1. The highest BCUT2D eigenvalue weighted by Crippen LogP contribution is 2.41. The molecule has 9 heteroatoms. The molecule has 3 aromatic carbocycles. The van der Waals surface area contributed by atoms with Crippen LogP contribution in [0, 0.1) is 0 Å². The first-order valence-electron chi connectivity index (χ1n) is 12.7. The zero-order chi connectivity index (χ0) is 28.5. The fourth-order valence-corrected chi connectivity index (χ4v) is 5.91. The number of hydrogen-bond acceptors (Lipinski definition) is 7. The van der Waals surface area contributed by atoms with Crippen LogP contribution >= 0.6 is 0 Å². The van der Waals surface area contributed by atoms with Crippen molar-refractivity contribution in [2.45, 2.75) is 50.2 Å². The van der Waals surface area contributed by atoms with Gasteiger partial charge in [-0.3, -0.25) is 0 Å². The van der Waals surface area contributed by atoms with E-state index in [4.69, 9.17) is 19.9 Å². The van der Waals surface area contributed by atoms with Crippen LogP contribution in [0.25, 0.3) is 11.1 Å². The van der Waals surface area contributed by atoms with E-state index in [-0.39, 0.29) is 17.0 Å². The molecule has 0 fully saturated rings. The number of carbonyl (C=O) groups excluding carboxylic acids is 1. The van der Waals surface area contributed by atoms with Gasteiger partial charge < -0.3 is 24.8 Å². The molecule has 39 heavy (non-hydrogen) atoms. The Hall–Kier alpha value is -3.72. The summed E-state index contributed by atoms with van der Waals surface area (Å²) in [7, 11) is -0.259. The maximum Gasteiger partial charge on any atom is 0.410 e. The lowest BCUT2D eigenvalue weighted by atomic mass is 9.87. The van der Waals surface area contributed by atoms with Crippen LogP contribution in [-0.4, -0.2) is 52.0 Å². The zero-order valence-corrected chi connectivity index (χ0v) is 24.1. The second-order valence-electron chi connectivity index (χ2n) is 10.7. The van der Waals surface area contributed by atoms with E-state index in [1.807, 2.05) is 51.1 Å². The van der Waals surface area contributed by atoms with Gasteiger partial charge in [-0.2, -0.15) is 0 Å². The minimum atomic E-state index is -3.44. The maximum absolute atomic E-state index is 13.3. The van der Waals surface area contributed by atoms with E-state index in [2.05, 4.69) is 0 Å². The lowest BCUT2D eigenvalue weighted by molar-refractivity contribution is 0.0141. The maximum atomic E-state index is 13.3. The summed E-state index contributed by atoms with van der Waals surface area (Å²) in [5, 5.41) is 0. The minimum Gasteiger partial charge on any atom is -0.493 e. The number of nitrogens with two attached hydrogens (primary N) is 1. The Bertz CT molecular complexity index is 1490.